The fourth-order valence-corrected chi connectivity index (χ4v) is 2.49. The number of piperidine rings is 1. The molecule has 0 saturated carbocycles. The minimum absolute atomic E-state index is 0.219. The summed E-state index contributed by atoms with van der Waals surface area (Å²) in [5, 5.41) is 9.57. The Bertz CT molecular complexity index is 148. The van der Waals surface area contributed by atoms with E-state index in [9.17, 15) is 5.11 Å². The van der Waals surface area contributed by atoms with Crippen molar-refractivity contribution in [2.45, 2.75) is 71.2 Å². The van der Waals surface area contributed by atoms with E-state index in [0.717, 1.165) is 0 Å². The van der Waals surface area contributed by atoms with Crippen LogP contribution in [0.5, 0.6) is 0 Å². The normalized spacial score (nSPS) is 35.8. The summed E-state index contributed by atoms with van der Waals surface area (Å²) in [6, 6.07) is 1.56. The number of aliphatic hydroxyl groups excluding tert-OH is 1. The first-order valence-corrected chi connectivity index (χ1v) is 5.49. The van der Waals surface area contributed by atoms with E-state index in [4.69, 9.17) is 0 Å². The maximum Gasteiger partial charge on any atom is 0.0664 e. The smallest absolute Gasteiger partial charge is 0.0664 e. The van der Waals surface area contributed by atoms with Crippen LogP contribution in [-0.2, 0) is 0 Å². The Hall–Kier alpha value is -0.0800. The first kappa shape index (κ1) is 11.0. The van der Waals surface area contributed by atoms with Crippen LogP contribution in [0.4, 0.5) is 0 Å². The van der Waals surface area contributed by atoms with Crippen molar-refractivity contribution in [1.29, 1.82) is 0 Å². The molecule has 0 spiro atoms. The summed E-state index contributed by atoms with van der Waals surface area (Å²) < 4.78 is 0. The van der Waals surface area contributed by atoms with Crippen LogP contribution >= 0.6 is 0 Å². The summed E-state index contributed by atoms with van der Waals surface area (Å²) in [6.07, 6.45) is 3.68. The van der Waals surface area contributed by atoms with E-state index >= 15 is 0 Å². The van der Waals surface area contributed by atoms with Crippen molar-refractivity contribution in [3.8, 4) is 0 Å². The second-order valence-corrected chi connectivity index (χ2v) is 4.56. The topological polar surface area (TPSA) is 23.5 Å². The first-order valence-electron chi connectivity index (χ1n) is 5.49. The monoisotopic (exact) mass is 185 g/mol. The van der Waals surface area contributed by atoms with Crippen LogP contribution in [0.1, 0.15) is 47.0 Å². The molecule has 2 unspecified atom stereocenters. The van der Waals surface area contributed by atoms with Gasteiger partial charge in [0.2, 0.25) is 0 Å². The quantitative estimate of drug-likeness (QED) is 0.711. The van der Waals surface area contributed by atoms with Gasteiger partial charge in [-0.15, -0.1) is 0 Å². The number of hydrogen-bond acceptors (Lipinski definition) is 2. The molecule has 4 atom stereocenters. The largest absolute Gasteiger partial charge is 0.392 e. The predicted molar refractivity (Wildman–Crippen MR) is 55.8 cm³/mol. The Labute approximate surface area is 81.9 Å². The molecule has 1 saturated heterocycles. The molecule has 1 N–H and O–H groups in total. The molecule has 1 fully saturated rings. The molecular weight excluding hydrogens is 162 g/mol. The Morgan fingerprint density at radius 3 is 2.00 bits per heavy atom. The van der Waals surface area contributed by atoms with Gasteiger partial charge in [-0.05, 0) is 40.5 Å². The summed E-state index contributed by atoms with van der Waals surface area (Å²) in [4.78, 5) is 2.47. The Morgan fingerprint density at radius 2 is 1.62 bits per heavy atom. The zero-order chi connectivity index (χ0) is 10.0. The molecule has 0 aromatic carbocycles. The van der Waals surface area contributed by atoms with E-state index in [0.29, 0.717) is 18.1 Å². The van der Waals surface area contributed by atoms with Gasteiger partial charge in [-0.1, -0.05) is 6.42 Å². The molecule has 1 aliphatic heterocycles. The van der Waals surface area contributed by atoms with Gasteiger partial charge in [0.1, 0.15) is 0 Å². The second-order valence-electron chi connectivity index (χ2n) is 4.56. The third-order valence-corrected chi connectivity index (χ3v) is 3.43. The van der Waals surface area contributed by atoms with Gasteiger partial charge in [-0.3, -0.25) is 4.90 Å². The molecule has 2 heteroatoms. The summed E-state index contributed by atoms with van der Waals surface area (Å²) in [7, 11) is 0. The number of likely N-dealkylation sites (tertiary alicyclic amines) is 1. The lowest BCUT2D eigenvalue weighted by Gasteiger charge is -2.44. The van der Waals surface area contributed by atoms with Gasteiger partial charge in [-0.2, -0.15) is 0 Å². The van der Waals surface area contributed by atoms with Gasteiger partial charge in [-0.25, -0.2) is 0 Å². The Kier molecular flexibility index (Phi) is 3.74. The number of nitrogens with zero attached hydrogens (tertiary/aromatic N) is 1. The minimum atomic E-state index is -0.219. The van der Waals surface area contributed by atoms with Crippen LogP contribution in [0, 0.1) is 0 Å². The molecule has 1 rings (SSSR count). The highest BCUT2D eigenvalue weighted by molar-refractivity contribution is 4.85. The molecule has 1 aliphatic rings. The van der Waals surface area contributed by atoms with Crippen molar-refractivity contribution in [3.63, 3.8) is 0 Å². The van der Waals surface area contributed by atoms with Gasteiger partial charge < -0.3 is 5.11 Å². The molecular formula is C11H23NO. The molecule has 78 valence electrons. The third kappa shape index (κ3) is 2.44. The molecule has 2 nitrogen and oxygen atoms in total. The van der Waals surface area contributed by atoms with Gasteiger partial charge >= 0.3 is 0 Å². The van der Waals surface area contributed by atoms with Crippen molar-refractivity contribution < 1.29 is 5.11 Å². The highest BCUT2D eigenvalue weighted by Gasteiger charge is 2.30. The van der Waals surface area contributed by atoms with Gasteiger partial charge in [0.25, 0.3) is 0 Å². The van der Waals surface area contributed by atoms with Crippen LogP contribution in [0.3, 0.4) is 0 Å². The van der Waals surface area contributed by atoms with Crippen molar-refractivity contribution in [2.75, 3.05) is 0 Å². The lowest BCUT2D eigenvalue weighted by atomic mass is 9.94. The second kappa shape index (κ2) is 4.43. The molecule has 0 aliphatic carbocycles. The first-order chi connectivity index (χ1) is 6.04. The van der Waals surface area contributed by atoms with Crippen molar-refractivity contribution in [1.82, 2.24) is 4.90 Å². The van der Waals surface area contributed by atoms with E-state index in [2.05, 4.69) is 25.7 Å². The maximum absolute atomic E-state index is 9.57. The highest BCUT2D eigenvalue weighted by atomic mass is 16.3. The van der Waals surface area contributed by atoms with Crippen LogP contribution in [0.15, 0.2) is 0 Å². The highest BCUT2D eigenvalue weighted by Crippen LogP contribution is 2.25. The SMILES string of the molecule is CC(O)C(C)N1[C@H](C)CCC[C@@H]1C. The van der Waals surface area contributed by atoms with Crippen molar-refractivity contribution in [2.24, 2.45) is 0 Å². The van der Waals surface area contributed by atoms with E-state index in [1.165, 1.54) is 19.3 Å². The van der Waals surface area contributed by atoms with E-state index in [-0.39, 0.29) is 6.10 Å². The molecule has 0 aromatic heterocycles. The molecule has 13 heavy (non-hydrogen) atoms. The van der Waals surface area contributed by atoms with E-state index < -0.39 is 0 Å². The zero-order valence-corrected chi connectivity index (χ0v) is 9.33. The lowest BCUT2D eigenvalue weighted by Crippen LogP contribution is -2.52. The van der Waals surface area contributed by atoms with Crippen molar-refractivity contribution in [3.05, 3.63) is 0 Å². The minimum Gasteiger partial charge on any atom is -0.392 e. The number of rotatable bonds is 2. The fourth-order valence-electron chi connectivity index (χ4n) is 2.49. The summed E-state index contributed by atoms with van der Waals surface area (Å²) in [6.45, 7) is 8.56. The van der Waals surface area contributed by atoms with Gasteiger partial charge in [0.15, 0.2) is 0 Å². The fraction of sp³-hybridized carbons (Fsp3) is 1.00. The average molecular weight is 185 g/mol. The van der Waals surface area contributed by atoms with Crippen molar-refractivity contribution >= 4 is 0 Å². The Balaban J connectivity index is 2.62. The summed E-state index contributed by atoms with van der Waals surface area (Å²) in [5.41, 5.74) is 0. The predicted octanol–water partition coefficient (Wildman–Crippen LogP) is 2.02. The van der Waals surface area contributed by atoms with Crippen LogP contribution < -0.4 is 0 Å². The number of aliphatic hydroxyl groups is 1. The average Bonchev–Trinajstić information content (AvgIpc) is 2.03. The molecule has 0 bridgehead atoms. The van der Waals surface area contributed by atoms with E-state index in [1.54, 1.807) is 0 Å². The lowest BCUT2D eigenvalue weighted by molar-refractivity contribution is 0.000214. The third-order valence-electron chi connectivity index (χ3n) is 3.43. The summed E-state index contributed by atoms with van der Waals surface area (Å²) in [5.74, 6) is 0. The number of hydrogen-bond donors (Lipinski definition) is 1. The maximum atomic E-state index is 9.57. The van der Waals surface area contributed by atoms with Crippen LogP contribution in [0.2, 0.25) is 0 Å². The van der Waals surface area contributed by atoms with E-state index in [1.807, 2.05) is 6.92 Å². The van der Waals surface area contributed by atoms with Gasteiger partial charge in [0, 0.05) is 18.1 Å². The summed E-state index contributed by atoms with van der Waals surface area (Å²) >= 11 is 0. The molecule has 0 amide bonds. The van der Waals surface area contributed by atoms with Crippen LogP contribution in [-0.4, -0.2) is 34.2 Å². The van der Waals surface area contributed by atoms with Crippen LogP contribution in [0.25, 0.3) is 0 Å². The van der Waals surface area contributed by atoms with Gasteiger partial charge in [0.05, 0.1) is 6.10 Å². The Morgan fingerprint density at radius 1 is 1.15 bits per heavy atom. The molecule has 0 radical (unpaired) electrons. The molecule has 0 aromatic rings. The zero-order valence-electron chi connectivity index (χ0n) is 9.33. The molecule has 1 heterocycles. The standard InChI is InChI=1S/C11H23NO/c1-8-6-5-7-9(2)12(8)10(3)11(4)13/h8-11,13H,5-7H2,1-4H3/t8-,9+,10?,11?.